The van der Waals surface area contributed by atoms with Gasteiger partial charge in [-0.25, -0.2) is 4.39 Å². The van der Waals surface area contributed by atoms with Gasteiger partial charge in [0.2, 0.25) is 0 Å². The van der Waals surface area contributed by atoms with E-state index in [0.29, 0.717) is 16.9 Å². The van der Waals surface area contributed by atoms with E-state index in [9.17, 15) is 9.18 Å². The molecule has 4 heteroatoms. The Kier molecular flexibility index (Phi) is 5.58. The zero-order valence-electron chi connectivity index (χ0n) is 19.5. The summed E-state index contributed by atoms with van der Waals surface area (Å²) in [6, 6.07) is 14.3. The molecule has 166 valence electrons. The van der Waals surface area contributed by atoms with Crippen LogP contribution in [0.5, 0.6) is 11.5 Å². The molecular formula is C28H29FO3. The van der Waals surface area contributed by atoms with E-state index in [4.69, 9.17) is 9.47 Å². The molecule has 3 aromatic rings. The van der Waals surface area contributed by atoms with Gasteiger partial charge in [-0.2, -0.15) is 0 Å². The van der Waals surface area contributed by atoms with Crippen molar-refractivity contribution in [1.29, 1.82) is 0 Å². The van der Waals surface area contributed by atoms with E-state index in [0.717, 1.165) is 40.0 Å². The third-order valence-corrected chi connectivity index (χ3v) is 6.43. The molecule has 1 aliphatic rings. The summed E-state index contributed by atoms with van der Waals surface area (Å²) < 4.78 is 26.9. The van der Waals surface area contributed by atoms with E-state index in [1.807, 2.05) is 51.1 Å². The lowest BCUT2D eigenvalue weighted by Gasteiger charge is -2.20. The molecule has 32 heavy (non-hydrogen) atoms. The Bertz CT molecular complexity index is 1200. The Labute approximate surface area is 189 Å². The maximum atomic E-state index is 14.8. The highest BCUT2D eigenvalue weighted by Crippen LogP contribution is 2.45. The highest BCUT2D eigenvalue weighted by Gasteiger charge is 2.35. The molecule has 0 saturated heterocycles. The van der Waals surface area contributed by atoms with Crippen LogP contribution in [0.25, 0.3) is 11.1 Å². The molecule has 1 unspecified atom stereocenters. The van der Waals surface area contributed by atoms with Crippen LogP contribution in [-0.4, -0.2) is 11.6 Å². The Morgan fingerprint density at radius 2 is 1.72 bits per heavy atom. The number of rotatable bonds is 4. The monoisotopic (exact) mass is 432 g/mol. The maximum absolute atomic E-state index is 14.8. The minimum atomic E-state index is -0.602. The van der Waals surface area contributed by atoms with Crippen LogP contribution >= 0.6 is 0 Å². The highest BCUT2D eigenvalue weighted by atomic mass is 19.1. The minimum Gasteiger partial charge on any atom is -0.487 e. The summed E-state index contributed by atoms with van der Waals surface area (Å²) >= 11 is 0. The molecule has 1 atom stereocenters. The average Bonchev–Trinajstić information content (AvgIpc) is 3.10. The number of carbonyl (C=O) groups is 1. The second-order valence-electron chi connectivity index (χ2n) is 9.30. The van der Waals surface area contributed by atoms with E-state index in [-0.39, 0.29) is 11.4 Å². The molecule has 0 N–H and O–H groups in total. The van der Waals surface area contributed by atoms with Crippen molar-refractivity contribution in [2.45, 2.75) is 59.5 Å². The first-order valence-corrected chi connectivity index (χ1v) is 11.0. The van der Waals surface area contributed by atoms with Gasteiger partial charge in [-0.3, -0.25) is 4.79 Å². The van der Waals surface area contributed by atoms with Crippen LogP contribution in [0.2, 0.25) is 0 Å². The van der Waals surface area contributed by atoms with Crippen LogP contribution in [0.4, 0.5) is 4.39 Å². The summed E-state index contributed by atoms with van der Waals surface area (Å²) in [6.07, 6.45) is 0.765. The summed E-state index contributed by atoms with van der Waals surface area (Å²) in [5, 5.41) is 0. The molecule has 0 spiro atoms. The first-order valence-electron chi connectivity index (χ1n) is 11.0. The van der Waals surface area contributed by atoms with Gasteiger partial charge < -0.3 is 9.47 Å². The lowest BCUT2D eigenvalue weighted by molar-refractivity contribution is -0.135. The molecule has 0 amide bonds. The van der Waals surface area contributed by atoms with Crippen molar-refractivity contribution in [2.24, 2.45) is 0 Å². The lowest BCUT2D eigenvalue weighted by Crippen LogP contribution is -2.24. The quantitative estimate of drug-likeness (QED) is 0.334. The molecule has 1 heterocycles. The van der Waals surface area contributed by atoms with E-state index in [2.05, 4.69) is 13.8 Å². The van der Waals surface area contributed by atoms with E-state index >= 15 is 0 Å². The molecular weight excluding hydrogens is 403 g/mol. The normalized spacial score (nSPS) is 15.1. The van der Waals surface area contributed by atoms with Crippen LogP contribution in [-0.2, 0) is 11.2 Å². The van der Waals surface area contributed by atoms with Crippen LogP contribution < -0.4 is 9.47 Å². The van der Waals surface area contributed by atoms with Crippen molar-refractivity contribution in [3.63, 3.8) is 0 Å². The number of halogens is 1. The van der Waals surface area contributed by atoms with E-state index in [1.54, 1.807) is 19.1 Å². The Morgan fingerprint density at radius 1 is 1.03 bits per heavy atom. The van der Waals surface area contributed by atoms with Crippen LogP contribution in [0.3, 0.4) is 0 Å². The molecule has 0 fully saturated rings. The zero-order chi connectivity index (χ0) is 23.2. The van der Waals surface area contributed by atoms with Gasteiger partial charge >= 0.3 is 5.97 Å². The lowest BCUT2D eigenvalue weighted by atomic mass is 9.93. The Hall–Kier alpha value is -3.14. The first kappa shape index (κ1) is 22.1. The molecule has 0 aliphatic carbocycles. The average molecular weight is 433 g/mol. The van der Waals surface area contributed by atoms with E-state index in [1.165, 1.54) is 6.07 Å². The second-order valence-corrected chi connectivity index (χ2v) is 9.30. The molecule has 1 aliphatic heterocycles. The molecule has 0 aromatic heterocycles. The number of hydrogen-bond acceptors (Lipinski definition) is 3. The van der Waals surface area contributed by atoms with Gasteiger partial charge in [0.15, 0.2) is 0 Å². The smallest absolute Gasteiger partial charge is 0.318 e. The van der Waals surface area contributed by atoms with Crippen LogP contribution in [0.15, 0.2) is 48.5 Å². The number of hydrogen-bond donors (Lipinski definition) is 0. The summed E-state index contributed by atoms with van der Waals surface area (Å²) in [6.45, 7) is 11.8. The van der Waals surface area contributed by atoms with Gasteiger partial charge in [-0.15, -0.1) is 0 Å². The molecule has 3 aromatic carbocycles. The number of esters is 1. The van der Waals surface area contributed by atoms with Crippen molar-refractivity contribution < 1.29 is 18.7 Å². The van der Waals surface area contributed by atoms with Gasteiger partial charge in [0.25, 0.3) is 0 Å². The van der Waals surface area contributed by atoms with E-state index < -0.39 is 11.9 Å². The number of benzene rings is 3. The van der Waals surface area contributed by atoms with Gasteiger partial charge in [0.1, 0.15) is 22.9 Å². The van der Waals surface area contributed by atoms with Crippen molar-refractivity contribution >= 4 is 5.97 Å². The zero-order valence-corrected chi connectivity index (χ0v) is 19.5. The standard InChI is InChI=1S/C28H29FO3/c1-16-17(2)26-23(15-28(5,6)32-26)19(4)25(16)31-27(30)18(3)21-12-13-22(24(29)14-21)20-10-8-7-9-11-20/h7-14,18H,15H2,1-6H3. The predicted molar refractivity (Wildman–Crippen MR) is 125 cm³/mol. The second kappa shape index (κ2) is 8.09. The SMILES string of the molecule is Cc1c(C)c2c(c(C)c1OC(=O)C(C)c1ccc(-c3ccccc3)c(F)c1)CC(C)(C)O2. The number of fused-ring (bicyclic) bond motifs is 1. The van der Waals surface area contributed by atoms with Gasteiger partial charge in [0.05, 0.1) is 5.92 Å². The fourth-order valence-corrected chi connectivity index (χ4v) is 4.38. The summed E-state index contributed by atoms with van der Waals surface area (Å²) in [7, 11) is 0. The maximum Gasteiger partial charge on any atom is 0.318 e. The summed E-state index contributed by atoms with van der Waals surface area (Å²) in [5.41, 5.74) is 5.53. The fraction of sp³-hybridized carbons (Fsp3) is 0.321. The highest BCUT2D eigenvalue weighted by molar-refractivity contribution is 5.81. The topological polar surface area (TPSA) is 35.5 Å². The van der Waals surface area contributed by atoms with Gasteiger partial charge in [-0.05, 0) is 75.4 Å². The van der Waals surface area contributed by atoms with Gasteiger partial charge in [0, 0.05) is 17.5 Å². The van der Waals surface area contributed by atoms with Crippen LogP contribution in [0.1, 0.15) is 54.5 Å². The number of ether oxygens (including phenoxy) is 2. The Morgan fingerprint density at radius 3 is 2.38 bits per heavy atom. The predicted octanol–water partition coefficient (Wildman–Crippen LogP) is 6.84. The van der Waals surface area contributed by atoms with Crippen molar-refractivity contribution in [1.82, 2.24) is 0 Å². The summed E-state index contributed by atoms with van der Waals surface area (Å²) in [4.78, 5) is 13.0. The van der Waals surface area contributed by atoms with Crippen LogP contribution in [0, 0.1) is 26.6 Å². The summed E-state index contributed by atoms with van der Waals surface area (Å²) in [5.74, 6) is 0.126. The number of carbonyl (C=O) groups excluding carboxylic acids is 1. The van der Waals surface area contributed by atoms with Gasteiger partial charge in [-0.1, -0.05) is 42.5 Å². The molecule has 0 radical (unpaired) electrons. The molecule has 3 nitrogen and oxygen atoms in total. The first-order chi connectivity index (χ1) is 15.1. The molecule has 4 rings (SSSR count). The van der Waals surface area contributed by atoms with Crippen molar-refractivity contribution in [2.75, 3.05) is 0 Å². The van der Waals surface area contributed by atoms with Crippen molar-refractivity contribution in [3.8, 4) is 22.6 Å². The molecule has 0 bridgehead atoms. The largest absolute Gasteiger partial charge is 0.487 e. The van der Waals surface area contributed by atoms with Crippen molar-refractivity contribution in [3.05, 3.63) is 82.2 Å². The third kappa shape index (κ3) is 3.90. The Balaban J connectivity index is 1.60. The third-order valence-electron chi connectivity index (χ3n) is 6.43. The minimum absolute atomic E-state index is 0.280. The molecule has 0 saturated carbocycles. The fourth-order valence-electron chi connectivity index (χ4n) is 4.38.